The molecule has 0 aliphatic carbocycles. The van der Waals surface area contributed by atoms with E-state index in [1.807, 2.05) is 6.92 Å². The van der Waals surface area contributed by atoms with Crippen molar-refractivity contribution in [3.8, 4) is 11.3 Å². The number of methoxy groups -OCH3 is 1. The van der Waals surface area contributed by atoms with Crippen LogP contribution in [0.5, 0.6) is 0 Å². The summed E-state index contributed by atoms with van der Waals surface area (Å²) < 4.78 is 19.8. The van der Waals surface area contributed by atoms with Crippen LogP contribution in [0.1, 0.15) is 28.7 Å². The molecule has 1 aromatic carbocycles. The van der Waals surface area contributed by atoms with E-state index in [9.17, 15) is 9.18 Å². The van der Waals surface area contributed by atoms with E-state index >= 15 is 0 Å². The molecule has 0 bridgehead atoms. The smallest absolute Gasteiger partial charge is 0.272 e. The van der Waals surface area contributed by atoms with Crippen LogP contribution in [0.4, 0.5) is 10.1 Å². The maximum Gasteiger partial charge on any atom is 0.272 e. The number of carbonyl (C=O) groups excluding carboxylic acids is 1. The second-order valence-electron chi connectivity index (χ2n) is 5.72. The number of amides is 1. The lowest BCUT2D eigenvalue weighted by molar-refractivity contribution is 0.0950. The molecule has 0 saturated heterocycles. The minimum Gasteiger partial charge on any atom is -0.396 e. The number of ether oxygens (including phenoxy) is 1. The summed E-state index contributed by atoms with van der Waals surface area (Å²) in [5.74, 6) is -0.768. The Hall–Kier alpha value is -2.58. The highest BCUT2D eigenvalue weighted by Gasteiger charge is 2.20. The van der Waals surface area contributed by atoms with E-state index in [0.29, 0.717) is 35.2 Å². The van der Waals surface area contributed by atoms with Crippen LogP contribution >= 0.6 is 11.3 Å². The van der Waals surface area contributed by atoms with Gasteiger partial charge in [-0.05, 0) is 18.6 Å². The number of nitrogens with one attached hydrogen (secondary N) is 1. The number of rotatable bonds is 6. The van der Waals surface area contributed by atoms with Gasteiger partial charge in [0.15, 0.2) is 5.69 Å². The summed E-state index contributed by atoms with van der Waals surface area (Å²) in [5, 5.41) is 3.83. The van der Waals surface area contributed by atoms with Gasteiger partial charge in [-0.15, -0.1) is 11.3 Å². The Morgan fingerprint density at radius 2 is 2.15 bits per heavy atom. The average Bonchev–Trinajstić information content (AvgIpc) is 3.08. The summed E-state index contributed by atoms with van der Waals surface area (Å²) in [7, 11) is 1.57. The quantitative estimate of drug-likeness (QED) is 0.690. The van der Waals surface area contributed by atoms with Crippen molar-refractivity contribution in [3.63, 3.8) is 0 Å². The van der Waals surface area contributed by atoms with E-state index in [0.717, 1.165) is 11.3 Å². The number of pyridine rings is 1. The van der Waals surface area contributed by atoms with Crippen LogP contribution in [-0.4, -0.2) is 29.5 Å². The van der Waals surface area contributed by atoms with E-state index in [1.165, 1.54) is 23.6 Å². The molecule has 0 spiro atoms. The van der Waals surface area contributed by atoms with Crippen molar-refractivity contribution in [1.82, 2.24) is 15.3 Å². The lowest BCUT2D eigenvalue weighted by Gasteiger charge is -2.12. The number of benzene rings is 1. The zero-order valence-corrected chi connectivity index (χ0v) is 15.3. The first kappa shape index (κ1) is 18.2. The Kier molecular flexibility index (Phi) is 5.43. The van der Waals surface area contributed by atoms with Gasteiger partial charge in [-0.25, -0.2) is 14.4 Å². The Morgan fingerprint density at radius 1 is 1.35 bits per heavy atom. The zero-order valence-electron chi connectivity index (χ0n) is 14.5. The first-order valence-corrected chi connectivity index (χ1v) is 9.03. The molecular weight excluding hydrogens is 355 g/mol. The minimum absolute atomic E-state index is 0.138. The number of nitrogen functional groups attached to an aromatic ring is 1. The standard InChI is InChI=1S/C18H19FN4O2S/c1-3-6-21-18(24)17-15(20)10-4-5-12(19)14(11(10)7-22-17)16-13(8-25-2)26-9-23-16/h4-5,7,9H,3,6,8,20H2,1-2H3,(H,21,24). The number of hydrogen-bond acceptors (Lipinski definition) is 6. The highest BCUT2D eigenvalue weighted by atomic mass is 32.1. The summed E-state index contributed by atoms with van der Waals surface area (Å²) in [6, 6.07) is 2.89. The Bertz CT molecular complexity index is 958. The average molecular weight is 374 g/mol. The van der Waals surface area contributed by atoms with Crippen molar-refractivity contribution in [2.24, 2.45) is 0 Å². The zero-order chi connectivity index (χ0) is 18.7. The number of carbonyl (C=O) groups is 1. The molecule has 136 valence electrons. The van der Waals surface area contributed by atoms with Gasteiger partial charge in [-0.3, -0.25) is 4.79 Å². The van der Waals surface area contributed by atoms with Crippen LogP contribution in [-0.2, 0) is 11.3 Å². The van der Waals surface area contributed by atoms with Gasteiger partial charge >= 0.3 is 0 Å². The molecule has 0 aliphatic rings. The number of nitrogens with two attached hydrogens (primary N) is 1. The number of aromatic nitrogens is 2. The summed E-state index contributed by atoms with van der Waals surface area (Å²) >= 11 is 1.39. The molecule has 1 amide bonds. The molecule has 0 atom stereocenters. The third-order valence-electron chi connectivity index (χ3n) is 3.97. The van der Waals surface area contributed by atoms with E-state index in [-0.39, 0.29) is 17.3 Å². The highest BCUT2D eigenvalue weighted by Crippen LogP contribution is 2.36. The Balaban J connectivity index is 2.17. The van der Waals surface area contributed by atoms with Crippen molar-refractivity contribution < 1.29 is 13.9 Å². The van der Waals surface area contributed by atoms with Gasteiger partial charge in [-0.2, -0.15) is 0 Å². The number of fused-ring (bicyclic) bond motifs is 1. The second-order valence-corrected chi connectivity index (χ2v) is 6.66. The molecule has 0 aliphatic heterocycles. The fraction of sp³-hybridized carbons (Fsp3) is 0.278. The van der Waals surface area contributed by atoms with E-state index in [1.54, 1.807) is 18.7 Å². The van der Waals surface area contributed by atoms with Crippen molar-refractivity contribution in [2.75, 3.05) is 19.4 Å². The van der Waals surface area contributed by atoms with Gasteiger partial charge in [-0.1, -0.05) is 6.92 Å². The molecule has 26 heavy (non-hydrogen) atoms. The van der Waals surface area contributed by atoms with Gasteiger partial charge in [0.1, 0.15) is 5.82 Å². The molecule has 0 unspecified atom stereocenters. The number of nitrogens with zero attached hydrogens (tertiary/aromatic N) is 2. The molecule has 0 radical (unpaired) electrons. The molecule has 3 rings (SSSR count). The predicted molar refractivity (Wildman–Crippen MR) is 101 cm³/mol. The monoisotopic (exact) mass is 374 g/mol. The summed E-state index contributed by atoms with van der Waals surface area (Å²) in [5.41, 5.74) is 9.00. The second kappa shape index (κ2) is 7.76. The summed E-state index contributed by atoms with van der Waals surface area (Å²) in [6.45, 7) is 2.82. The van der Waals surface area contributed by atoms with E-state index < -0.39 is 5.82 Å². The minimum atomic E-state index is -0.426. The highest BCUT2D eigenvalue weighted by molar-refractivity contribution is 7.10. The van der Waals surface area contributed by atoms with Crippen molar-refractivity contribution in [2.45, 2.75) is 20.0 Å². The van der Waals surface area contributed by atoms with Crippen molar-refractivity contribution in [3.05, 3.63) is 40.2 Å². The first-order valence-electron chi connectivity index (χ1n) is 8.15. The lowest BCUT2D eigenvalue weighted by Crippen LogP contribution is -2.26. The third-order valence-corrected chi connectivity index (χ3v) is 4.77. The van der Waals surface area contributed by atoms with Crippen molar-refractivity contribution >= 4 is 33.7 Å². The molecule has 8 heteroatoms. The predicted octanol–water partition coefficient (Wildman–Crippen LogP) is 3.37. The van der Waals surface area contributed by atoms with Gasteiger partial charge in [0.25, 0.3) is 5.91 Å². The maximum absolute atomic E-state index is 14.6. The fourth-order valence-corrected chi connectivity index (χ4v) is 3.48. The molecule has 6 nitrogen and oxygen atoms in total. The van der Waals surface area contributed by atoms with E-state index in [4.69, 9.17) is 10.5 Å². The third kappa shape index (κ3) is 3.25. The van der Waals surface area contributed by atoms with Crippen LogP contribution in [0.3, 0.4) is 0 Å². The summed E-state index contributed by atoms with van der Waals surface area (Å²) in [4.78, 5) is 21.5. The molecule has 2 aromatic heterocycles. The molecule has 0 fully saturated rings. The maximum atomic E-state index is 14.6. The van der Waals surface area contributed by atoms with Gasteiger partial charge in [0.05, 0.1) is 28.4 Å². The topological polar surface area (TPSA) is 90.1 Å². The largest absolute Gasteiger partial charge is 0.396 e. The number of halogens is 1. The fourth-order valence-electron chi connectivity index (χ4n) is 2.74. The molecule has 0 saturated carbocycles. The first-order chi connectivity index (χ1) is 12.6. The molecule has 3 aromatic rings. The van der Waals surface area contributed by atoms with E-state index in [2.05, 4.69) is 15.3 Å². The van der Waals surface area contributed by atoms with Crippen LogP contribution in [0, 0.1) is 5.82 Å². The Morgan fingerprint density at radius 3 is 2.88 bits per heavy atom. The normalized spacial score (nSPS) is 11.0. The van der Waals surface area contributed by atoms with Gasteiger partial charge < -0.3 is 15.8 Å². The summed E-state index contributed by atoms with van der Waals surface area (Å²) in [6.07, 6.45) is 2.28. The van der Waals surface area contributed by atoms with Crippen LogP contribution in [0.15, 0.2) is 23.8 Å². The van der Waals surface area contributed by atoms with Crippen LogP contribution in [0.25, 0.3) is 22.0 Å². The number of anilines is 1. The lowest BCUT2D eigenvalue weighted by atomic mass is 10.0. The Labute approximate surface area is 154 Å². The number of thiazole rings is 1. The SMILES string of the molecule is CCCNC(=O)c1ncc2c(-c3ncsc3COC)c(F)ccc2c1N. The molecular formula is C18H19FN4O2S. The van der Waals surface area contributed by atoms with Gasteiger partial charge in [0, 0.05) is 36.2 Å². The molecule has 2 heterocycles. The van der Waals surface area contributed by atoms with Crippen LogP contribution < -0.4 is 11.1 Å². The van der Waals surface area contributed by atoms with Crippen LogP contribution in [0.2, 0.25) is 0 Å². The molecule has 3 N–H and O–H groups in total. The van der Waals surface area contributed by atoms with Gasteiger partial charge in [0.2, 0.25) is 0 Å². The number of hydrogen-bond donors (Lipinski definition) is 2. The van der Waals surface area contributed by atoms with Crippen molar-refractivity contribution in [1.29, 1.82) is 0 Å².